The van der Waals surface area contributed by atoms with Gasteiger partial charge in [-0.15, -0.1) is 0 Å². The summed E-state index contributed by atoms with van der Waals surface area (Å²) in [6.45, 7) is 12.6. The number of halogens is 1. The Morgan fingerprint density at radius 2 is 1.88 bits per heavy atom. The number of nitriles is 1. The van der Waals surface area contributed by atoms with Gasteiger partial charge in [0.2, 0.25) is 5.95 Å². The van der Waals surface area contributed by atoms with E-state index in [2.05, 4.69) is 34.4 Å². The van der Waals surface area contributed by atoms with E-state index in [1.807, 2.05) is 26.8 Å². The molecule has 5 rings (SSSR count). The molecular formula is C30H38ClN7O2. The largest absolute Gasteiger partial charge is 0.444 e. The lowest BCUT2D eigenvalue weighted by atomic mass is 9.83. The number of carbonyl (C=O) groups excluding carboxylic acids is 1. The standard InChI is InChI=1S/C30H38ClN7O2/c1-19-6-8-21(9-7-19)18-38-27-25(13-24(14-32)34-26(27)22-12-23(31)16-33-15-22)35-28(38)37-11-10-36(17-20(37)2)29(39)40-30(3,4)5/h12-13,15-16,19-21H,6-11,17-18H2,1-5H3/t19-,20?,21-. The summed E-state index contributed by atoms with van der Waals surface area (Å²) in [6.07, 6.45) is 7.81. The quantitative estimate of drug-likeness (QED) is 0.367. The summed E-state index contributed by atoms with van der Waals surface area (Å²) in [5.41, 5.74) is 2.78. The van der Waals surface area contributed by atoms with Gasteiger partial charge in [0, 0.05) is 56.2 Å². The van der Waals surface area contributed by atoms with Crippen molar-refractivity contribution in [1.82, 2.24) is 24.4 Å². The number of imidazole rings is 1. The van der Waals surface area contributed by atoms with Crippen LogP contribution in [-0.4, -0.2) is 61.8 Å². The third-order valence-corrected chi connectivity index (χ3v) is 8.12. The SMILES string of the molecule is CC1CN(C(=O)OC(C)(C)C)CCN1c1nc2cc(C#N)nc(-c3cncc(Cl)c3)c2n1C[C@H]1CC[C@H](C)CC1. The molecule has 4 heterocycles. The van der Waals surface area contributed by atoms with Crippen molar-refractivity contribution in [3.8, 4) is 17.3 Å². The zero-order valence-electron chi connectivity index (χ0n) is 24.0. The van der Waals surface area contributed by atoms with E-state index in [4.69, 9.17) is 26.3 Å². The number of amides is 1. The first-order valence-electron chi connectivity index (χ1n) is 14.2. The van der Waals surface area contributed by atoms with Crippen LogP contribution in [0.2, 0.25) is 5.02 Å². The van der Waals surface area contributed by atoms with Crippen LogP contribution in [0.5, 0.6) is 0 Å². The average Bonchev–Trinajstić information content (AvgIpc) is 3.26. The Labute approximate surface area is 241 Å². The second kappa shape index (κ2) is 11.2. The van der Waals surface area contributed by atoms with Crippen LogP contribution in [0.25, 0.3) is 22.3 Å². The lowest BCUT2D eigenvalue weighted by molar-refractivity contribution is 0.0217. The number of ether oxygens (including phenoxy) is 1. The van der Waals surface area contributed by atoms with Crippen LogP contribution >= 0.6 is 11.6 Å². The molecule has 2 fully saturated rings. The molecule has 1 saturated carbocycles. The first kappa shape index (κ1) is 28.2. The van der Waals surface area contributed by atoms with E-state index in [1.165, 1.54) is 25.7 Å². The van der Waals surface area contributed by atoms with Crippen molar-refractivity contribution in [3.05, 3.63) is 35.2 Å². The van der Waals surface area contributed by atoms with E-state index < -0.39 is 5.60 Å². The van der Waals surface area contributed by atoms with Crippen LogP contribution in [0.4, 0.5) is 10.7 Å². The maximum atomic E-state index is 12.8. The lowest BCUT2D eigenvalue weighted by Gasteiger charge is -2.41. The Balaban J connectivity index is 1.57. The highest BCUT2D eigenvalue weighted by Crippen LogP contribution is 2.37. The van der Waals surface area contributed by atoms with E-state index in [0.29, 0.717) is 42.0 Å². The maximum Gasteiger partial charge on any atom is 0.410 e. The van der Waals surface area contributed by atoms with Crippen molar-refractivity contribution in [2.75, 3.05) is 24.5 Å². The zero-order chi connectivity index (χ0) is 28.6. The monoisotopic (exact) mass is 563 g/mol. The molecule has 1 atom stereocenters. The fourth-order valence-electron chi connectivity index (χ4n) is 5.85. The molecule has 0 aromatic carbocycles. The first-order chi connectivity index (χ1) is 19.0. The van der Waals surface area contributed by atoms with Crippen LogP contribution in [0.15, 0.2) is 24.5 Å². The predicted octanol–water partition coefficient (Wildman–Crippen LogP) is 6.29. The minimum absolute atomic E-state index is 0.0166. The Kier molecular flexibility index (Phi) is 7.92. The number of fused-ring (bicyclic) bond motifs is 1. The van der Waals surface area contributed by atoms with E-state index in [9.17, 15) is 10.1 Å². The first-order valence-corrected chi connectivity index (χ1v) is 14.6. The molecule has 9 nitrogen and oxygen atoms in total. The summed E-state index contributed by atoms with van der Waals surface area (Å²) < 4.78 is 7.93. The second-order valence-corrected chi connectivity index (χ2v) is 12.8. The molecule has 40 heavy (non-hydrogen) atoms. The molecule has 3 aromatic rings. The molecule has 10 heteroatoms. The number of hydrogen-bond acceptors (Lipinski definition) is 7. The Bertz CT molecular complexity index is 1430. The zero-order valence-corrected chi connectivity index (χ0v) is 24.8. The number of rotatable bonds is 4. The molecule has 0 N–H and O–H groups in total. The normalized spacial score (nSPS) is 21.9. The van der Waals surface area contributed by atoms with Gasteiger partial charge in [-0.2, -0.15) is 5.26 Å². The molecule has 1 saturated heterocycles. The number of anilines is 1. The molecule has 0 radical (unpaired) electrons. The van der Waals surface area contributed by atoms with Gasteiger partial charge in [-0.1, -0.05) is 31.4 Å². The number of nitrogens with zero attached hydrogens (tertiary/aromatic N) is 7. The molecule has 3 aromatic heterocycles. The van der Waals surface area contributed by atoms with Gasteiger partial charge in [-0.25, -0.2) is 14.8 Å². The molecule has 1 aliphatic carbocycles. The van der Waals surface area contributed by atoms with Crippen LogP contribution in [0.1, 0.15) is 66.0 Å². The van der Waals surface area contributed by atoms with E-state index in [0.717, 1.165) is 35.0 Å². The van der Waals surface area contributed by atoms with Gasteiger partial charge in [-0.3, -0.25) is 4.98 Å². The topological polar surface area (TPSA) is 100 Å². The highest BCUT2D eigenvalue weighted by molar-refractivity contribution is 6.30. The Hall–Kier alpha value is -3.38. The van der Waals surface area contributed by atoms with Crippen molar-refractivity contribution in [1.29, 1.82) is 5.26 Å². The molecule has 2 aliphatic rings. The summed E-state index contributed by atoms with van der Waals surface area (Å²) in [6, 6.07) is 5.81. The Morgan fingerprint density at radius 3 is 2.52 bits per heavy atom. The van der Waals surface area contributed by atoms with E-state index in [-0.39, 0.29) is 12.1 Å². The van der Waals surface area contributed by atoms with Crippen molar-refractivity contribution in [2.24, 2.45) is 11.8 Å². The fourth-order valence-corrected chi connectivity index (χ4v) is 6.03. The van der Waals surface area contributed by atoms with Gasteiger partial charge in [0.25, 0.3) is 0 Å². The van der Waals surface area contributed by atoms with Gasteiger partial charge in [0.1, 0.15) is 17.4 Å². The van der Waals surface area contributed by atoms with Crippen molar-refractivity contribution >= 4 is 34.7 Å². The third kappa shape index (κ3) is 6.02. The molecule has 1 aliphatic heterocycles. The fraction of sp³-hybridized carbons (Fsp3) is 0.567. The van der Waals surface area contributed by atoms with E-state index >= 15 is 0 Å². The number of pyridine rings is 2. The average molecular weight is 564 g/mol. The summed E-state index contributed by atoms with van der Waals surface area (Å²) in [4.78, 5) is 31.0. The van der Waals surface area contributed by atoms with Gasteiger partial charge < -0.3 is 19.1 Å². The van der Waals surface area contributed by atoms with Crippen LogP contribution in [0, 0.1) is 23.2 Å². The predicted molar refractivity (Wildman–Crippen MR) is 156 cm³/mol. The number of piperazine rings is 1. The molecule has 0 bridgehead atoms. The van der Waals surface area contributed by atoms with Gasteiger partial charge in [0.15, 0.2) is 0 Å². The van der Waals surface area contributed by atoms with Gasteiger partial charge in [0.05, 0.1) is 21.7 Å². The molecule has 1 unspecified atom stereocenters. The smallest absolute Gasteiger partial charge is 0.410 e. The highest BCUT2D eigenvalue weighted by atomic mass is 35.5. The third-order valence-electron chi connectivity index (χ3n) is 7.91. The van der Waals surface area contributed by atoms with Gasteiger partial charge in [-0.05, 0) is 58.4 Å². The minimum atomic E-state index is -0.542. The highest BCUT2D eigenvalue weighted by Gasteiger charge is 2.33. The van der Waals surface area contributed by atoms with Crippen molar-refractivity contribution < 1.29 is 9.53 Å². The van der Waals surface area contributed by atoms with E-state index in [1.54, 1.807) is 23.4 Å². The summed E-state index contributed by atoms with van der Waals surface area (Å²) in [5.74, 6) is 2.12. The minimum Gasteiger partial charge on any atom is -0.444 e. The number of hydrogen-bond donors (Lipinski definition) is 0. The second-order valence-electron chi connectivity index (χ2n) is 12.3. The molecule has 1 amide bonds. The maximum absolute atomic E-state index is 12.8. The molecule has 0 spiro atoms. The van der Waals surface area contributed by atoms with Crippen LogP contribution in [-0.2, 0) is 11.3 Å². The van der Waals surface area contributed by atoms with Crippen molar-refractivity contribution in [2.45, 2.75) is 78.5 Å². The van der Waals surface area contributed by atoms with Crippen molar-refractivity contribution in [3.63, 3.8) is 0 Å². The van der Waals surface area contributed by atoms with Crippen LogP contribution < -0.4 is 4.90 Å². The molecular weight excluding hydrogens is 526 g/mol. The summed E-state index contributed by atoms with van der Waals surface area (Å²) >= 11 is 6.33. The Morgan fingerprint density at radius 1 is 1.12 bits per heavy atom. The van der Waals surface area contributed by atoms with Gasteiger partial charge >= 0.3 is 6.09 Å². The number of aromatic nitrogens is 4. The summed E-state index contributed by atoms with van der Waals surface area (Å²) in [5, 5.41) is 10.3. The van der Waals surface area contributed by atoms with Crippen LogP contribution in [0.3, 0.4) is 0 Å². The lowest BCUT2D eigenvalue weighted by Crippen LogP contribution is -2.55. The number of carbonyl (C=O) groups is 1. The molecule has 212 valence electrons. The summed E-state index contributed by atoms with van der Waals surface area (Å²) in [7, 11) is 0.